The average Bonchev–Trinajstić information content (AvgIpc) is 3.34. The molecule has 130 valence electrons. The lowest BCUT2D eigenvalue weighted by molar-refractivity contribution is -0.133. The zero-order valence-corrected chi connectivity index (χ0v) is 13.8. The first kappa shape index (κ1) is 15.9. The van der Waals surface area contributed by atoms with Crippen molar-refractivity contribution in [1.29, 1.82) is 0 Å². The Morgan fingerprint density at radius 2 is 2.12 bits per heavy atom. The summed E-state index contributed by atoms with van der Waals surface area (Å²) in [5, 5.41) is 14.3. The lowest BCUT2D eigenvalue weighted by Crippen LogP contribution is -2.46. The van der Waals surface area contributed by atoms with E-state index in [9.17, 15) is 9.59 Å². The zero-order valence-electron chi connectivity index (χ0n) is 13.8. The van der Waals surface area contributed by atoms with Gasteiger partial charge in [-0.2, -0.15) is 0 Å². The van der Waals surface area contributed by atoms with Gasteiger partial charge in [0.25, 0.3) is 5.91 Å². The maximum absolute atomic E-state index is 13.1. The Morgan fingerprint density at radius 1 is 1.24 bits per heavy atom. The molecule has 0 spiro atoms. The van der Waals surface area contributed by atoms with Gasteiger partial charge in [0, 0.05) is 18.2 Å². The number of amides is 2. The Labute approximate surface area is 145 Å². The quantitative estimate of drug-likeness (QED) is 0.827. The second-order valence-corrected chi connectivity index (χ2v) is 6.59. The number of aromatic nitrogens is 4. The van der Waals surface area contributed by atoms with Crippen molar-refractivity contribution in [1.82, 2.24) is 30.4 Å². The van der Waals surface area contributed by atoms with Gasteiger partial charge >= 0.3 is 0 Å². The van der Waals surface area contributed by atoms with Crippen molar-refractivity contribution < 1.29 is 9.59 Å². The molecule has 2 aliphatic rings. The van der Waals surface area contributed by atoms with Crippen LogP contribution in [0.4, 0.5) is 0 Å². The van der Waals surface area contributed by atoms with Gasteiger partial charge in [0.05, 0.1) is 11.6 Å². The molecule has 25 heavy (non-hydrogen) atoms. The van der Waals surface area contributed by atoms with Gasteiger partial charge in [0.1, 0.15) is 6.33 Å². The van der Waals surface area contributed by atoms with Crippen LogP contribution in [-0.4, -0.2) is 56.1 Å². The van der Waals surface area contributed by atoms with E-state index in [2.05, 4.69) is 20.8 Å². The molecule has 4 rings (SSSR count). The summed E-state index contributed by atoms with van der Waals surface area (Å²) in [4.78, 5) is 27.5. The fourth-order valence-electron chi connectivity index (χ4n) is 3.24. The monoisotopic (exact) mass is 340 g/mol. The van der Waals surface area contributed by atoms with Gasteiger partial charge in [-0.3, -0.25) is 14.5 Å². The second-order valence-electron chi connectivity index (χ2n) is 6.59. The van der Waals surface area contributed by atoms with Crippen molar-refractivity contribution >= 4 is 11.8 Å². The van der Waals surface area contributed by atoms with Crippen LogP contribution in [0.5, 0.6) is 0 Å². The number of piperidine rings is 1. The molecule has 0 bridgehead atoms. The van der Waals surface area contributed by atoms with E-state index in [1.807, 2.05) is 6.07 Å². The van der Waals surface area contributed by atoms with Crippen LogP contribution in [0.2, 0.25) is 0 Å². The van der Waals surface area contributed by atoms with Gasteiger partial charge in [-0.1, -0.05) is 6.07 Å². The minimum Gasteiger partial charge on any atom is -0.316 e. The molecule has 1 saturated carbocycles. The number of benzene rings is 1. The third kappa shape index (κ3) is 3.30. The van der Waals surface area contributed by atoms with Crippen LogP contribution in [0.25, 0.3) is 5.69 Å². The third-order valence-corrected chi connectivity index (χ3v) is 4.72. The largest absolute Gasteiger partial charge is 0.316 e. The minimum atomic E-state index is -0.229. The second kappa shape index (κ2) is 6.72. The number of tetrazole rings is 1. The summed E-state index contributed by atoms with van der Waals surface area (Å²) in [7, 11) is 0. The minimum absolute atomic E-state index is 0.0404. The van der Waals surface area contributed by atoms with E-state index in [4.69, 9.17) is 0 Å². The molecular weight excluding hydrogens is 320 g/mol. The fraction of sp³-hybridized carbons (Fsp3) is 0.471. The van der Waals surface area contributed by atoms with E-state index in [0.29, 0.717) is 17.8 Å². The molecule has 8 nitrogen and oxygen atoms in total. The number of nitrogens with one attached hydrogen (secondary N) is 1. The number of hydrogen-bond donors (Lipinski definition) is 1. The maximum atomic E-state index is 13.1. The van der Waals surface area contributed by atoms with Crippen molar-refractivity contribution in [2.45, 2.75) is 31.7 Å². The predicted molar refractivity (Wildman–Crippen MR) is 88.9 cm³/mol. The first-order chi connectivity index (χ1) is 12.2. The molecule has 2 heterocycles. The van der Waals surface area contributed by atoms with Crippen molar-refractivity contribution in [2.24, 2.45) is 5.92 Å². The summed E-state index contributed by atoms with van der Waals surface area (Å²) in [5.74, 6) is -0.387. The van der Waals surface area contributed by atoms with E-state index in [0.717, 1.165) is 32.2 Å². The summed E-state index contributed by atoms with van der Waals surface area (Å²) in [5.41, 5.74) is 1.18. The van der Waals surface area contributed by atoms with E-state index >= 15 is 0 Å². The summed E-state index contributed by atoms with van der Waals surface area (Å²) in [6, 6.07) is 7.10. The molecular formula is C17H20N6O2. The molecule has 0 radical (unpaired) electrons. The molecule has 1 aliphatic carbocycles. The van der Waals surface area contributed by atoms with Gasteiger partial charge in [-0.05, 0) is 60.9 Å². The van der Waals surface area contributed by atoms with Gasteiger partial charge in [-0.15, -0.1) is 5.10 Å². The summed E-state index contributed by atoms with van der Waals surface area (Å²) < 4.78 is 1.49. The van der Waals surface area contributed by atoms with E-state index in [1.165, 1.54) is 15.9 Å². The highest BCUT2D eigenvalue weighted by Gasteiger charge is 2.40. The number of rotatable bonds is 4. The van der Waals surface area contributed by atoms with Gasteiger partial charge < -0.3 is 5.32 Å². The maximum Gasteiger partial charge on any atom is 0.260 e. The summed E-state index contributed by atoms with van der Waals surface area (Å²) in [6.07, 6.45) is 5.07. The molecule has 1 saturated heterocycles. The van der Waals surface area contributed by atoms with Crippen LogP contribution in [-0.2, 0) is 4.79 Å². The SMILES string of the molecule is O=C(c1cccc(-n2cnnn2)c1)N(C(=O)C1CCCNC1)C1CC1. The smallest absolute Gasteiger partial charge is 0.260 e. The van der Waals surface area contributed by atoms with Gasteiger partial charge in [0.2, 0.25) is 5.91 Å². The highest BCUT2D eigenvalue weighted by Crippen LogP contribution is 2.31. The molecule has 2 amide bonds. The number of hydrogen-bond acceptors (Lipinski definition) is 6. The van der Waals surface area contributed by atoms with E-state index < -0.39 is 0 Å². The first-order valence-electron chi connectivity index (χ1n) is 8.65. The topological polar surface area (TPSA) is 93.0 Å². The van der Waals surface area contributed by atoms with E-state index in [1.54, 1.807) is 18.2 Å². The van der Waals surface area contributed by atoms with Crippen LogP contribution in [0, 0.1) is 5.92 Å². The van der Waals surface area contributed by atoms with Crippen LogP contribution in [0.15, 0.2) is 30.6 Å². The third-order valence-electron chi connectivity index (χ3n) is 4.72. The zero-order chi connectivity index (χ0) is 17.2. The molecule has 1 atom stereocenters. The van der Waals surface area contributed by atoms with Crippen molar-refractivity contribution in [3.05, 3.63) is 36.2 Å². The number of imide groups is 1. The van der Waals surface area contributed by atoms with Crippen LogP contribution < -0.4 is 5.32 Å². The Balaban J connectivity index is 1.59. The highest BCUT2D eigenvalue weighted by molar-refractivity contribution is 6.06. The lowest BCUT2D eigenvalue weighted by atomic mass is 9.97. The number of carbonyl (C=O) groups excluding carboxylic acids is 2. The molecule has 1 N–H and O–H groups in total. The molecule has 2 fully saturated rings. The molecule has 1 aliphatic heterocycles. The van der Waals surface area contributed by atoms with Gasteiger partial charge in [-0.25, -0.2) is 4.68 Å². The fourth-order valence-corrected chi connectivity index (χ4v) is 3.24. The Bertz CT molecular complexity index is 765. The lowest BCUT2D eigenvalue weighted by Gasteiger charge is -2.28. The number of nitrogens with zero attached hydrogens (tertiary/aromatic N) is 5. The molecule has 2 aromatic rings. The van der Waals surface area contributed by atoms with Gasteiger partial charge in [0.15, 0.2) is 0 Å². The normalized spacial score (nSPS) is 20.2. The first-order valence-corrected chi connectivity index (χ1v) is 8.65. The highest BCUT2D eigenvalue weighted by atomic mass is 16.2. The summed E-state index contributed by atoms with van der Waals surface area (Å²) in [6.45, 7) is 1.59. The summed E-state index contributed by atoms with van der Waals surface area (Å²) >= 11 is 0. The standard InChI is InChI=1S/C17H20N6O2/c24-16(12-3-1-5-15(9-12)22-11-19-20-21-22)23(14-6-7-14)17(25)13-4-2-8-18-10-13/h1,3,5,9,11,13-14,18H,2,4,6-8,10H2. The molecule has 8 heteroatoms. The van der Waals surface area contributed by atoms with Crippen molar-refractivity contribution in [3.63, 3.8) is 0 Å². The van der Waals surface area contributed by atoms with Crippen molar-refractivity contribution in [2.75, 3.05) is 13.1 Å². The van der Waals surface area contributed by atoms with Crippen LogP contribution in [0.3, 0.4) is 0 Å². The Kier molecular flexibility index (Phi) is 4.27. The van der Waals surface area contributed by atoms with Crippen molar-refractivity contribution in [3.8, 4) is 5.69 Å². The molecule has 1 aromatic heterocycles. The van der Waals surface area contributed by atoms with Crippen LogP contribution >= 0.6 is 0 Å². The molecule has 1 unspecified atom stereocenters. The van der Waals surface area contributed by atoms with E-state index in [-0.39, 0.29) is 23.8 Å². The predicted octanol–water partition coefficient (Wildman–Crippen LogP) is 0.793. The number of carbonyl (C=O) groups is 2. The molecule has 1 aromatic carbocycles. The van der Waals surface area contributed by atoms with Crippen LogP contribution in [0.1, 0.15) is 36.0 Å². The Morgan fingerprint density at radius 3 is 2.80 bits per heavy atom. The Hall–Kier alpha value is -2.61. The average molecular weight is 340 g/mol.